The quantitative estimate of drug-likeness (QED) is 0.518. The van der Waals surface area contributed by atoms with E-state index in [2.05, 4.69) is 20.5 Å². The highest BCUT2D eigenvalue weighted by Crippen LogP contribution is 2.23. The number of alkyl halides is 3. The van der Waals surface area contributed by atoms with Crippen LogP contribution in [0.5, 0.6) is 5.75 Å². The molecular formula is C12H14ClF3N2O3. The van der Waals surface area contributed by atoms with Crippen molar-refractivity contribution in [2.24, 2.45) is 0 Å². The number of esters is 1. The molecule has 0 aromatic heterocycles. The van der Waals surface area contributed by atoms with E-state index in [-0.39, 0.29) is 30.6 Å². The molecule has 0 heterocycles. The van der Waals surface area contributed by atoms with Gasteiger partial charge in [-0.25, -0.2) is 4.79 Å². The van der Waals surface area contributed by atoms with Crippen LogP contribution in [0, 0.1) is 0 Å². The summed E-state index contributed by atoms with van der Waals surface area (Å²) in [5.41, 5.74) is 4.04. The largest absolute Gasteiger partial charge is 1.00 e. The molecule has 0 fully saturated rings. The number of hydrogen-bond donors (Lipinski definition) is 2. The molecule has 4 N–H and O–H groups in total. The van der Waals surface area contributed by atoms with Gasteiger partial charge in [0.25, 0.3) is 0 Å². The Hall–Kier alpha value is -1.93. The molecular weight excluding hydrogens is 313 g/mol. The lowest BCUT2D eigenvalue weighted by Crippen LogP contribution is -3.00. The molecule has 21 heavy (non-hydrogen) atoms. The maximum Gasteiger partial charge on any atom is 0.573 e. The molecule has 5 nitrogen and oxygen atoms in total. The van der Waals surface area contributed by atoms with Gasteiger partial charge in [0, 0.05) is 5.69 Å². The average Bonchev–Trinajstić information content (AvgIpc) is 2.30. The van der Waals surface area contributed by atoms with Crippen molar-refractivity contribution in [1.29, 1.82) is 0 Å². The van der Waals surface area contributed by atoms with Crippen LogP contribution in [-0.4, -0.2) is 18.9 Å². The number of rotatable bonds is 5. The first kappa shape index (κ1) is 19.1. The van der Waals surface area contributed by atoms with Gasteiger partial charge in [0.2, 0.25) is 5.82 Å². The molecule has 0 aliphatic carbocycles. The van der Waals surface area contributed by atoms with Crippen LogP contribution < -0.4 is 28.2 Å². The van der Waals surface area contributed by atoms with E-state index in [1.54, 1.807) is 6.92 Å². The van der Waals surface area contributed by atoms with Crippen molar-refractivity contribution in [3.63, 3.8) is 0 Å². The van der Waals surface area contributed by atoms with Crippen LogP contribution in [0.25, 0.3) is 0 Å². The summed E-state index contributed by atoms with van der Waals surface area (Å²) in [5, 5.41) is 2.73. The molecule has 1 aromatic rings. The van der Waals surface area contributed by atoms with Crippen molar-refractivity contribution in [2.75, 3.05) is 11.9 Å². The van der Waals surface area contributed by atoms with Crippen molar-refractivity contribution in [1.82, 2.24) is 0 Å². The van der Waals surface area contributed by atoms with Crippen LogP contribution in [0.3, 0.4) is 0 Å². The zero-order valence-electron chi connectivity index (χ0n) is 11.0. The predicted octanol–water partition coefficient (Wildman–Crippen LogP) is -1.35. The van der Waals surface area contributed by atoms with Crippen molar-refractivity contribution in [3.05, 3.63) is 36.2 Å². The lowest BCUT2D eigenvalue weighted by atomic mass is 10.3. The van der Waals surface area contributed by atoms with E-state index in [0.29, 0.717) is 5.69 Å². The normalized spacial score (nSPS) is 11.4. The van der Waals surface area contributed by atoms with E-state index >= 15 is 0 Å². The third kappa shape index (κ3) is 8.05. The van der Waals surface area contributed by atoms with Gasteiger partial charge in [-0.1, -0.05) is 0 Å². The summed E-state index contributed by atoms with van der Waals surface area (Å²) in [6, 6.07) is 5.03. The number of carbonyl (C=O) groups is 1. The first-order chi connectivity index (χ1) is 9.30. The zero-order valence-corrected chi connectivity index (χ0v) is 11.8. The van der Waals surface area contributed by atoms with Crippen molar-refractivity contribution in [2.45, 2.75) is 13.3 Å². The minimum Gasteiger partial charge on any atom is -1.00 e. The zero-order chi connectivity index (χ0) is 15.2. The number of anilines is 1. The number of carbonyl (C=O) groups excluding carboxylic acids is 1. The van der Waals surface area contributed by atoms with Crippen molar-refractivity contribution < 1.29 is 45.6 Å². The lowest BCUT2D eigenvalue weighted by molar-refractivity contribution is -0.299. The van der Waals surface area contributed by atoms with E-state index in [1.807, 2.05) is 0 Å². The van der Waals surface area contributed by atoms with Crippen LogP contribution >= 0.6 is 0 Å². The molecule has 9 heteroatoms. The summed E-state index contributed by atoms with van der Waals surface area (Å²) < 4.78 is 44.3. The van der Waals surface area contributed by atoms with Crippen LogP contribution in [0.1, 0.15) is 6.92 Å². The lowest BCUT2D eigenvalue weighted by Gasteiger charge is -2.09. The van der Waals surface area contributed by atoms with E-state index in [9.17, 15) is 18.0 Å². The molecule has 0 amide bonds. The van der Waals surface area contributed by atoms with Crippen LogP contribution in [0.2, 0.25) is 0 Å². The van der Waals surface area contributed by atoms with Gasteiger partial charge in [-0.2, -0.15) is 0 Å². The highest BCUT2D eigenvalue weighted by atomic mass is 35.5. The van der Waals surface area contributed by atoms with Crippen LogP contribution in [0.4, 0.5) is 18.9 Å². The van der Waals surface area contributed by atoms with E-state index in [0.717, 1.165) is 18.2 Å². The Morgan fingerprint density at radius 2 is 1.90 bits per heavy atom. The fraction of sp³-hybridized carbons (Fsp3) is 0.250. The second-order valence-electron chi connectivity index (χ2n) is 3.62. The smallest absolute Gasteiger partial charge is 0.573 e. The molecule has 0 aliphatic heterocycles. The Morgan fingerprint density at radius 1 is 1.33 bits per heavy atom. The Kier molecular flexibility index (Phi) is 7.61. The topological polar surface area (TPSA) is 75.2 Å². The maximum absolute atomic E-state index is 12.0. The Bertz CT molecular complexity index is 490. The molecule has 0 saturated carbocycles. The minimum atomic E-state index is -4.73. The summed E-state index contributed by atoms with van der Waals surface area (Å²) in [4.78, 5) is 11.1. The monoisotopic (exact) mass is 326 g/mol. The van der Waals surface area contributed by atoms with Gasteiger partial charge in [0.05, 0.1) is 6.61 Å². The Balaban J connectivity index is 0.00000400. The summed E-state index contributed by atoms with van der Waals surface area (Å²) >= 11 is 0. The molecule has 0 saturated heterocycles. The second kappa shape index (κ2) is 8.38. The minimum absolute atomic E-state index is 0. The fourth-order valence-electron chi connectivity index (χ4n) is 1.29. The SMILES string of the molecule is CCOC(=O)C=C([NH3+])Nc1ccc(OC(F)(F)F)cc1.[Cl-]. The first-order valence-corrected chi connectivity index (χ1v) is 5.63. The molecule has 1 rings (SSSR count). The van der Waals surface area contributed by atoms with Gasteiger partial charge in [-0.05, 0) is 31.2 Å². The highest BCUT2D eigenvalue weighted by molar-refractivity contribution is 5.82. The maximum atomic E-state index is 12.0. The van der Waals surface area contributed by atoms with Crippen molar-refractivity contribution >= 4 is 11.7 Å². The Morgan fingerprint density at radius 3 is 2.38 bits per heavy atom. The first-order valence-electron chi connectivity index (χ1n) is 5.63. The second-order valence-corrected chi connectivity index (χ2v) is 3.62. The molecule has 118 valence electrons. The number of nitrogens with one attached hydrogen (secondary N) is 1. The number of halogens is 4. The van der Waals surface area contributed by atoms with E-state index in [4.69, 9.17) is 0 Å². The molecule has 0 aliphatic rings. The van der Waals surface area contributed by atoms with Gasteiger partial charge >= 0.3 is 12.3 Å². The van der Waals surface area contributed by atoms with Gasteiger partial charge in [-0.15, -0.1) is 13.2 Å². The summed E-state index contributed by atoms with van der Waals surface area (Å²) in [7, 11) is 0. The molecule has 0 spiro atoms. The predicted molar refractivity (Wildman–Crippen MR) is 64.4 cm³/mol. The summed E-state index contributed by atoms with van der Waals surface area (Å²) in [6.07, 6.45) is -3.58. The Labute approximate surface area is 125 Å². The van der Waals surface area contributed by atoms with Gasteiger partial charge in [0.1, 0.15) is 11.8 Å². The molecule has 0 unspecified atom stereocenters. The number of quaternary nitrogens is 1. The van der Waals surface area contributed by atoms with E-state index < -0.39 is 12.3 Å². The molecule has 0 bridgehead atoms. The molecule has 0 atom stereocenters. The molecule has 1 aromatic carbocycles. The number of ether oxygens (including phenoxy) is 2. The third-order valence-electron chi connectivity index (χ3n) is 1.97. The number of hydrogen-bond acceptors (Lipinski definition) is 4. The average molecular weight is 327 g/mol. The molecule has 0 radical (unpaired) electrons. The van der Waals surface area contributed by atoms with Gasteiger partial charge in [0.15, 0.2) is 0 Å². The van der Waals surface area contributed by atoms with Gasteiger partial charge < -0.3 is 32.9 Å². The summed E-state index contributed by atoms with van der Waals surface area (Å²) in [5.74, 6) is -0.627. The standard InChI is InChI=1S/C12H13F3N2O3.ClH/c1-2-19-11(18)7-10(16)17-8-3-5-9(6-4-8)20-12(13,14)15;/h3-7,17H,2,16H2,1H3;1H. The highest BCUT2D eigenvalue weighted by Gasteiger charge is 2.30. The van der Waals surface area contributed by atoms with Crippen molar-refractivity contribution in [3.8, 4) is 5.75 Å². The third-order valence-corrected chi connectivity index (χ3v) is 1.97. The van der Waals surface area contributed by atoms with E-state index in [1.165, 1.54) is 12.1 Å². The summed E-state index contributed by atoms with van der Waals surface area (Å²) in [6.45, 7) is 1.91. The van der Waals surface area contributed by atoms with Crippen LogP contribution in [-0.2, 0) is 9.53 Å². The number of benzene rings is 1. The fourth-order valence-corrected chi connectivity index (χ4v) is 1.29. The van der Waals surface area contributed by atoms with Crippen LogP contribution in [0.15, 0.2) is 36.2 Å². The van der Waals surface area contributed by atoms with Gasteiger partial charge in [-0.3, -0.25) is 0 Å².